The number of carbonyl (C=O) groups is 1. The Morgan fingerprint density at radius 3 is 2.38 bits per heavy atom. The third-order valence-electron chi connectivity index (χ3n) is 4.41. The van der Waals surface area contributed by atoms with Gasteiger partial charge >= 0.3 is 0 Å². The number of hydrogen-bond acceptors (Lipinski definition) is 2. The highest BCUT2D eigenvalue weighted by Gasteiger charge is 2.37. The van der Waals surface area contributed by atoms with Crippen LogP contribution in [0.4, 0.5) is 0 Å². The minimum Gasteiger partial charge on any atom is -0.352 e. The van der Waals surface area contributed by atoms with Crippen LogP contribution in [-0.2, 0) is 4.79 Å². The van der Waals surface area contributed by atoms with Gasteiger partial charge in [0.05, 0.1) is 5.54 Å². The molecule has 0 spiro atoms. The van der Waals surface area contributed by atoms with Gasteiger partial charge in [-0.25, -0.2) is 0 Å². The molecule has 0 aromatic carbocycles. The Labute approximate surface area is 98.2 Å². The van der Waals surface area contributed by atoms with Crippen LogP contribution < -0.4 is 11.1 Å². The molecule has 3 heteroatoms. The molecular weight excluding hydrogens is 200 g/mol. The molecule has 2 fully saturated rings. The Bertz CT molecular complexity index is 255. The molecule has 3 N–H and O–H groups in total. The molecule has 1 unspecified atom stereocenters. The number of carbonyl (C=O) groups excluding carboxylic acids is 1. The molecule has 0 aromatic rings. The van der Waals surface area contributed by atoms with Crippen LogP contribution >= 0.6 is 0 Å². The summed E-state index contributed by atoms with van der Waals surface area (Å²) in [6.45, 7) is 2.12. The molecule has 0 bridgehead atoms. The molecular formula is C13H24N2O. The van der Waals surface area contributed by atoms with Crippen molar-refractivity contribution < 1.29 is 4.79 Å². The topological polar surface area (TPSA) is 55.1 Å². The molecule has 1 amide bonds. The van der Waals surface area contributed by atoms with Crippen LogP contribution in [0.3, 0.4) is 0 Å². The fourth-order valence-electron chi connectivity index (χ4n) is 2.82. The first-order valence-corrected chi connectivity index (χ1v) is 6.72. The highest BCUT2D eigenvalue weighted by atomic mass is 16.2. The molecule has 3 nitrogen and oxygen atoms in total. The molecule has 0 aliphatic heterocycles. The lowest BCUT2D eigenvalue weighted by molar-refractivity contribution is -0.128. The van der Waals surface area contributed by atoms with Crippen LogP contribution in [0.5, 0.6) is 0 Å². The predicted molar refractivity (Wildman–Crippen MR) is 64.9 cm³/mol. The zero-order chi connectivity index (χ0) is 11.6. The van der Waals surface area contributed by atoms with Gasteiger partial charge in [-0.1, -0.05) is 25.7 Å². The van der Waals surface area contributed by atoms with Gasteiger partial charge < -0.3 is 11.1 Å². The van der Waals surface area contributed by atoms with E-state index in [9.17, 15) is 4.79 Å². The molecule has 0 radical (unpaired) electrons. The van der Waals surface area contributed by atoms with Gasteiger partial charge in [-0.05, 0) is 38.5 Å². The minimum atomic E-state index is -0.573. The number of amides is 1. The maximum absolute atomic E-state index is 12.1. The predicted octanol–water partition coefficient (Wildman–Crippen LogP) is 1.95. The van der Waals surface area contributed by atoms with Crippen LogP contribution in [-0.4, -0.2) is 17.5 Å². The third kappa shape index (κ3) is 2.40. The number of nitrogens with one attached hydrogen (secondary N) is 1. The summed E-state index contributed by atoms with van der Waals surface area (Å²) in [6, 6.07) is 0.309. The lowest BCUT2D eigenvalue weighted by Gasteiger charge is -2.37. The van der Waals surface area contributed by atoms with Crippen molar-refractivity contribution in [2.75, 3.05) is 0 Å². The summed E-state index contributed by atoms with van der Waals surface area (Å²) in [5.41, 5.74) is 5.63. The summed E-state index contributed by atoms with van der Waals surface area (Å²) in [6.07, 6.45) is 8.98. The van der Waals surface area contributed by atoms with E-state index in [4.69, 9.17) is 5.73 Å². The Morgan fingerprint density at radius 2 is 1.88 bits per heavy atom. The zero-order valence-corrected chi connectivity index (χ0v) is 10.3. The smallest absolute Gasteiger partial charge is 0.240 e. The SMILES string of the molecule is CC(NC(=O)C1(N)CCCCC1)C1CCC1. The van der Waals surface area contributed by atoms with Gasteiger partial charge in [0, 0.05) is 6.04 Å². The fraction of sp³-hybridized carbons (Fsp3) is 0.923. The Morgan fingerprint density at radius 1 is 1.25 bits per heavy atom. The summed E-state index contributed by atoms with van der Waals surface area (Å²) < 4.78 is 0. The lowest BCUT2D eigenvalue weighted by Crippen LogP contribution is -2.57. The monoisotopic (exact) mass is 224 g/mol. The first kappa shape index (κ1) is 11.9. The van der Waals surface area contributed by atoms with Gasteiger partial charge in [0.2, 0.25) is 5.91 Å². The van der Waals surface area contributed by atoms with E-state index in [1.165, 1.54) is 25.7 Å². The molecule has 1 atom stereocenters. The van der Waals surface area contributed by atoms with Gasteiger partial charge in [-0.15, -0.1) is 0 Å². The Hall–Kier alpha value is -0.570. The van der Waals surface area contributed by atoms with E-state index in [1.807, 2.05) is 0 Å². The highest BCUT2D eigenvalue weighted by Crippen LogP contribution is 2.30. The normalized spacial score (nSPS) is 26.9. The van der Waals surface area contributed by atoms with Gasteiger partial charge in [-0.2, -0.15) is 0 Å². The largest absolute Gasteiger partial charge is 0.352 e. The molecule has 2 aliphatic rings. The quantitative estimate of drug-likeness (QED) is 0.770. The molecule has 92 valence electrons. The van der Waals surface area contributed by atoms with Crippen molar-refractivity contribution in [1.29, 1.82) is 0 Å². The van der Waals surface area contributed by atoms with Gasteiger partial charge in [0.25, 0.3) is 0 Å². The molecule has 16 heavy (non-hydrogen) atoms. The summed E-state index contributed by atoms with van der Waals surface area (Å²) in [5.74, 6) is 0.780. The summed E-state index contributed by atoms with van der Waals surface area (Å²) >= 11 is 0. The van der Waals surface area contributed by atoms with E-state index in [0.29, 0.717) is 12.0 Å². The van der Waals surface area contributed by atoms with Crippen LogP contribution in [0, 0.1) is 5.92 Å². The number of rotatable bonds is 3. The van der Waals surface area contributed by atoms with Crippen molar-refractivity contribution in [3.63, 3.8) is 0 Å². The van der Waals surface area contributed by atoms with Crippen molar-refractivity contribution in [3.05, 3.63) is 0 Å². The number of hydrogen-bond donors (Lipinski definition) is 2. The maximum atomic E-state index is 12.1. The van der Waals surface area contributed by atoms with Crippen LogP contribution in [0.25, 0.3) is 0 Å². The van der Waals surface area contributed by atoms with Crippen molar-refractivity contribution in [3.8, 4) is 0 Å². The van der Waals surface area contributed by atoms with Crippen molar-refractivity contribution in [2.45, 2.75) is 69.9 Å². The lowest BCUT2D eigenvalue weighted by atomic mass is 9.78. The Kier molecular flexibility index (Phi) is 3.53. The maximum Gasteiger partial charge on any atom is 0.240 e. The molecule has 0 heterocycles. The van der Waals surface area contributed by atoms with Crippen molar-refractivity contribution >= 4 is 5.91 Å². The first-order chi connectivity index (χ1) is 7.62. The van der Waals surface area contributed by atoms with Crippen LogP contribution in [0.15, 0.2) is 0 Å². The fourth-order valence-corrected chi connectivity index (χ4v) is 2.82. The van der Waals surface area contributed by atoms with Crippen molar-refractivity contribution in [1.82, 2.24) is 5.32 Å². The van der Waals surface area contributed by atoms with Crippen LogP contribution in [0.2, 0.25) is 0 Å². The third-order valence-corrected chi connectivity index (χ3v) is 4.41. The summed E-state index contributed by atoms with van der Waals surface area (Å²) in [5, 5.41) is 3.13. The molecule has 2 saturated carbocycles. The van der Waals surface area contributed by atoms with Gasteiger partial charge in [0.15, 0.2) is 0 Å². The molecule has 0 saturated heterocycles. The average molecular weight is 224 g/mol. The van der Waals surface area contributed by atoms with Gasteiger partial charge in [-0.3, -0.25) is 4.79 Å². The molecule has 2 rings (SSSR count). The second kappa shape index (κ2) is 4.74. The van der Waals surface area contributed by atoms with Gasteiger partial charge in [0.1, 0.15) is 0 Å². The second-order valence-electron chi connectivity index (χ2n) is 5.67. The van der Waals surface area contributed by atoms with Crippen LogP contribution in [0.1, 0.15) is 58.3 Å². The van der Waals surface area contributed by atoms with E-state index in [2.05, 4.69) is 12.2 Å². The molecule has 0 aromatic heterocycles. The standard InChI is InChI=1S/C13H24N2O/c1-10(11-6-5-7-11)15-12(16)13(14)8-3-2-4-9-13/h10-11H,2-9,14H2,1H3,(H,15,16). The van der Waals surface area contributed by atoms with E-state index in [1.54, 1.807) is 0 Å². The van der Waals surface area contributed by atoms with E-state index < -0.39 is 5.54 Å². The average Bonchev–Trinajstić information content (AvgIpc) is 2.15. The molecule has 2 aliphatic carbocycles. The Balaban J connectivity index is 1.85. The summed E-state index contributed by atoms with van der Waals surface area (Å²) in [4.78, 5) is 12.1. The minimum absolute atomic E-state index is 0.0894. The van der Waals surface area contributed by atoms with E-state index in [0.717, 1.165) is 25.7 Å². The van der Waals surface area contributed by atoms with Crippen molar-refractivity contribution in [2.24, 2.45) is 11.7 Å². The number of nitrogens with two attached hydrogens (primary N) is 1. The highest BCUT2D eigenvalue weighted by molar-refractivity contribution is 5.86. The zero-order valence-electron chi connectivity index (χ0n) is 10.3. The first-order valence-electron chi connectivity index (χ1n) is 6.72. The second-order valence-corrected chi connectivity index (χ2v) is 5.67. The van der Waals surface area contributed by atoms with E-state index in [-0.39, 0.29) is 5.91 Å². The summed E-state index contributed by atoms with van der Waals surface area (Å²) in [7, 11) is 0. The van der Waals surface area contributed by atoms with E-state index >= 15 is 0 Å².